The zero-order valence-corrected chi connectivity index (χ0v) is 17.4. The molecule has 0 atom stereocenters. The maximum Gasteiger partial charge on any atom is 0.224 e. The quantitative estimate of drug-likeness (QED) is 0.579. The molecule has 1 saturated carbocycles. The maximum absolute atomic E-state index is 12.4. The van der Waals surface area contributed by atoms with Crippen LogP contribution in [0.4, 0.5) is 5.95 Å². The second-order valence-electron chi connectivity index (χ2n) is 8.58. The van der Waals surface area contributed by atoms with E-state index in [1.54, 1.807) is 6.20 Å². The number of hydrogen-bond donors (Lipinski definition) is 3. The molecule has 0 spiro atoms. The van der Waals surface area contributed by atoms with E-state index in [-0.39, 0.29) is 24.5 Å². The van der Waals surface area contributed by atoms with Crippen LogP contribution in [0.25, 0.3) is 16.7 Å². The van der Waals surface area contributed by atoms with Crippen LogP contribution in [0.1, 0.15) is 39.5 Å². The van der Waals surface area contributed by atoms with Crippen LogP contribution in [-0.4, -0.2) is 48.9 Å². The number of aromatic nitrogens is 4. The molecule has 0 unspecified atom stereocenters. The van der Waals surface area contributed by atoms with Gasteiger partial charge in [0.1, 0.15) is 0 Å². The van der Waals surface area contributed by atoms with Crippen LogP contribution in [0, 0.1) is 5.92 Å². The first-order valence-corrected chi connectivity index (χ1v) is 10.4. The van der Waals surface area contributed by atoms with Gasteiger partial charge in [-0.3, -0.25) is 4.79 Å². The lowest BCUT2D eigenvalue weighted by Gasteiger charge is -2.31. The zero-order valence-electron chi connectivity index (χ0n) is 17.4. The van der Waals surface area contributed by atoms with Crippen molar-refractivity contribution in [2.75, 3.05) is 11.9 Å². The lowest BCUT2D eigenvalue weighted by atomic mass is 9.85. The average molecular weight is 409 g/mol. The Morgan fingerprint density at radius 3 is 2.73 bits per heavy atom. The number of fused-ring (bicyclic) bond motifs is 1. The van der Waals surface area contributed by atoms with Crippen molar-refractivity contribution >= 4 is 22.8 Å². The fourth-order valence-electron chi connectivity index (χ4n) is 3.85. The number of benzene rings is 1. The molecule has 8 heteroatoms. The van der Waals surface area contributed by atoms with Crippen LogP contribution in [0.2, 0.25) is 0 Å². The normalized spacial score (nSPS) is 19.6. The molecule has 3 aromatic rings. The third-order valence-electron chi connectivity index (χ3n) is 5.62. The van der Waals surface area contributed by atoms with E-state index in [9.17, 15) is 9.90 Å². The Balaban J connectivity index is 1.38. The lowest BCUT2D eigenvalue weighted by molar-refractivity contribution is -0.128. The molecule has 4 rings (SSSR count). The van der Waals surface area contributed by atoms with Crippen LogP contribution in [0.15, 0.2) is 42.7 Å². The molecule has 0 saturated heterocycles. The Hall–Kier alpha value is -3.00. The lowest BCUT2D eigenvalue weighted by Crippen LogP contribution is -2.49. The molecule has 2 heterocycles. The first-order chi connectivity index (χ1) is 14.4. The molecule has 0 aliphatic heterocycles. The van der Waals surface area contributed by atoms with Crippen LogP contribution < -0.4 is 10.6 Å². The number of carbonyl (C=O) groups is 1. The Kier molecular flexibility index (Phi) is 5.67. The summed E-state index contributed by atoms with van der Waals surface area (Å²) in [6, 6.07) is 10.1. The Bertz CT molecular complexity index is 1020. The number of anilines is 1. The largest absolute Gasteiger partial charge is 0.394 e. The van der Waals surface area contributed by atoms with Gasteiger partial charge in [-0.05, 0) is 45.6 Å². The topological polar surface area (TPSA) is 105 Å². The molecular weight excluding hydrogens is 380 g/mol. The van der Waals surface area contributed by atoms with Crippen LogP contribution in [-0.2, 0) is 4.79 Å². The van der Waals surface area contributed by atoms with Crippen LogP contribution in [0.3, 0.4) is 0 Å². The van der Waals surface area contributed by atoms with Gasteiger partial charge < -0.3 is 15.7 Å². The monoisotopic (exact) mass is 408 g/mol. The summed E-state index contributed by atoms with van der Waals surface area (Å²) in [5.41, 5.74) is 0.413. The number of nitrogens with zero attached hydrogens (tertiary/aromatic N) is 4. The molecule has 1 fully saturated rings. The molecule has 1 aliphatic carbocycles. The summed E-state index contributed by atoms with van der Waals surface area (Å²) in [5, 5.41) is 21.2. The summed E-state index contributed by atoms with van der Waals surface area (Å²) in [6.45, 7) is 3.57. The molecule has 1 aliphatic rings. The molecule has 1 amide bonds. The summed E-state index contributed by atoms with van der Waals surface area (Å²) < 4.78 is 1.81. The molecule has 30 heavy (non-hydrogen) atoms. The smallest absolute Gasteiger partial charge is 0.224 e. The second-order valence-corrected chi connectivity index (χ2v) is 8.58. The molecule has 158 valence electrons. The fraction of sp³-hybridized carbons (Fsp3) is 0.455. The first-order valence-electron chi connectivity index (χ1n) is 10.4. The summed E-state index contributed by atoms with van der Waals surface area (Å²) in [7, 11) is 0. The molecule has 1 aromatic carbocycles. The van der Waals surface area contributed by atoms with E-state index in [0.717, 1.165) is 36.6 Å². The average Bonchev–Trinajstić information content (AvgIpc) is 3.18. The van der Waals surface area contributed by atoms with Gasteiger partial charge in [-0.25, -0.2) is 9.67 Å². The number of aliphatic hydroxyl groups is 1. The van der Waals surface area contributed by atoms with Gasteiger partial charge in [0.05, 0.1) is 23.9 Å². The van der Waals surface area contributed by atoms with Gasteiger partial charge in [0, 0.05) is 29.6 Å². The highest BCUT2D eigenvalue weighted by atomic mass is 16.3. The highest BCUT2D eigenvalue weighted by Crippen LogP contribution is 2.27. The van der Waals surface area contributed by atoms with Crippen molar-refractivity contribution in [3.63, 3.8) is 0 Å². The number of amides is 1. The predicted octanol–water partition coefficient (Wildman–Crippen LogP) is 2.67. The minimum atomic E-state index is -0.586. The third kappa shape index (κ3) is 4.43. The maximum atomic E-state index is 12.4. The zero-order chi connectivity index (χ0) is 21.1. The van der Waals surface area contributed by atoms with E-state index in [1.165, 1.54) is 0 Å². The molecule has 8 nitrogen and oxygen atoms in total. The van der Waals surface area contributed by atoms with Crippen LogP contribution in [0.5, 0.6) is 0 Å². The molecule has 2 aromatic heterocycles. The first kappa shape index (κ1) is 20.3. The van der Waals surface area contributed by atoms with Gasteiger partial charge in [0.15, 0.2) is 5.82 Å². The van der Waals surface area contributed by atoms with E-state index in [1.807, 2.05) is 55.1 Å². The summed E-state index contributed by atoms with van der Waals surface area (Å²) in [4.78, 5) is 21.5. The Labute approximate surface area is 175 Å². The standard InChI is InChI=1S/C22H28N6O2/c1-22(2,14-29)27-20(30)15-7-9-17(10-8-15)25-21-23-12-11-19(26-21)28-18-6-4-3-5-16(18)13-24-28/h3-6,11-13,15,17,29H,7-10,14H2,1-2H3,(H,27,30)(H,23,25,26)/t15-,17-. The molecule has 0 bridgehead atoms. The summed E-state index contributed by atoms with van der Waals surface area (Å²) in [6.07, 6.45) is 6.90. The summed E-state index contributed by atoms with van der Waals surface area (Å²) in [5.74, 6) is 1.29. The van der Waals surface area contributed by atoms with Crippen molar-refractivity contribution < 1.29 is 9.90 Å². The van der Waals surface area contributed by atoms with Crippen molar-refractivity contribution in [2.45, 2.75) is 51.1 Å². The number of aliphatic hydroxyl groups excluding tert-OH is 1. The van der Waals surface area contributed by atoms with E-state index < -0.39 is 5.54 Å². The second kappa shape index (κ2) is 8.39. The van der Waals surface area contributed by atoms with Gasteiger partial charge >= 0.3 is 0 Å². The van der Waals surface area contributed by atoms with Gasteiger partial charge in [-0.2, -0.15) is 10.1 Å². The van der Waals surface area contributed by atoms with E-state index >= 15 is 0 Å². The van der Waals surface area contributed by atoms with Gasteiger partial charge in [0.2, 0.25) is 11.9 Å². The van der Waals surface area contributed by atoms with Crippen molar-refractivity contribution in [1.29, 1.82) is 0 Å². The van der Waals surface area contributed by atoms with Crippen molar-refractivity contribution in [2.24, 2.45) is 5.92 Å². The van der Waals surface area contributed by atoms with E-state index in [2.05, 4.69) is 25.7 Å². The van der Waals surface area contributed by atoms with E-state index in [0.29, 0.717) is 11.8 Å². The van der Waals surface area contributed by atoms with Crippen molar-refractivity contribution in [3.8, 4) is 5.82 Å². The molecule has 3 N–H and O–H groups in total. The van der Waals surface area contributed by atoms with Crippen molar-refractivity contribution in [1.82, 2.24) is 25.1 Å². The number of hydrogen-bond acceptors (Lipinski definition) is 6. The van der Waals surface area contributed by atoms with Crippen molar-refractivity contribution in [3.05, 3.63) is 42.7 Å². The highest BCUT2D eigenvalue weighted by molar-refractivity contribution is 5.80. The minimum Gasteiger partial charge on any atom is -0.394 e. The van der Waals surface area contributed by atoms with Gasteiger partial charge in [0.25, 0.3) is 0 Å². The third-order valence-corrected chi connectivity index (χ3v) is 5.62. The highest BCUT2D eigenvalue weighted by Gasteiger charge is 2.29. The number of para-hydroxylation sites is 1. The van der Waals surface area contributed by atoms with Gasteiger partial charge in [-0.1, -0.05) is 18.2 Å². The number of rotatable bonds is 6. The number of carbonyl (C=O) groups excluding carboxylic acids is 1. The predicted molar refractivity (Wildman–Crippen MR) is 115 cm³/mol. The van der Waals surface area contributed by atoms with Crippen LogP contribution >= 0.6 is 0 Å². The van der Waals surface area contributed by atoms with E-state index in [4.69, 9.17) is 0 Å². The minimum absolute atomic E-state index is 0.0171. The molecular formula is C22H28N6O2. The SMILES string of the molecule is CC(C)(CO)NC(=O)[C@H]1CC[C@H](Nc2nccc(-n3ncc4ccccc43)n2)CC1. The number of nitrogens with one attached hydrogen (secondary N) is 2. The summed E-state index contributed by atoms with van der Waals surface area (Å²) >= 11 is 0. The molecule has 0 radical (unpaired) electrons. The Morgan fingerprint density at radius 2 is 1.97 bits per heavy atom. The van der Waals surface area contributed by atoms with Gasteiger partial charge in [-0.15, -0.1) is 0 Å². The fourth-order valence-corrected chi connectivity index (χ4v) is 3.85. The Morgan fingerprint density at radius 1 is 1.20 bits per heavy atom.